The third-order valence-corrected chi connectivity index (χ3v) is 3.80. The van der Waals surface area contributed by atoms with Crippen molar-refractivity contribution in [2.45, 2.75) is 18.6 Å². The van der Waals surface area contributed by atoms with Crippen molar-refractivity contribution in [3.8, 4) is 5.75 Å². The summed E-state index contributed by atoms with van der Waals surface area (Å²) < 4.78 is 5.60. The van der Waals surface area contributed by atoms with Crippen LogP contribution in [-0.2, 0) is 11.2 Å². The summed E-state index contributed by atoms with van der Waals surface area (Å²) in [5, 5.41) is 19.0. The molecule has 2 N–H and O–H groups in total. The third kappa shape index (κ3) is 2.31. The molecule has 0 aliphatic carbocycles. The van der Waals surface area contributed by atoms with Gasteiger partial charge in [0, 0.05) is 13.1 Å². The highest BCUT2D eigenvalue weighted by Gasteiger charge is 2.37. The lowest BCUT2D eigenvalue weighted by Crippen LogP contribution is -2.40. The van der Waals surface area contributed by atoms with Gasteiger partial charge in [-0.15, -0.1) is 0 Å². The Bertz CT molecular complexity index is 480. The molecule has 1 aromatic carbocycles. The molecule has 1 aromatic rings. The first-order chi connectivity index (χ1) is 9.15. The van der Waals surface area contributed by atoms with Crippen LogP contribution in [0.1, 0.15) is 5.56 Å². The fourth-order valence-corrected chi connectivity index (χ4v) is 2.69. The van der Waals surface area contributed by atoms with E-state index in [1.165, 1.54) is 4.90 Å². The van der Waals surface area contributed by atoms with Gasteiger partial charge in [-0.25, -0.2) is 0 Å². The molecule has 0 spiro atoms. The zero-order valence-electron chi connectivity index (χ0n) is 10.5. The van der Waals surface area contributed by atoms with Gasteiger partial charge in [-0.3, -0.25) is 4.79 Å². The lowest BCUT2D eigenvalue weighted by Gasteiger charge is -2.27. The van der Waals surface area contributed by atoms with Crippen molar-refractivity contribution in [1.29, 1.82) is 0 Å². The highest BCUT2D eigenvalue weighted by atomic mass is 16.5. The van der Waals surface area contributed by atoms with E-state index < -0.39 is 12.2 Å². The van der Waals surface area contributed by atoms with Gasteiger partial charge in [0.2, 0.25) is 5.91 Å². The summed E-state index contributed by atoms with van der Waals surface area (Å²) in [7, 11) is 0. The average Bonchev–Trinajstić information content (AvgIpc) is 2.77. The highest BCUT2D eigenvalue weighted by Crippen LogP contribution is 2.28. The van der Waals surface area contributed by atoms with E-state index in [1.807, 2.05) is 24.3 Å². The standard InChI is InChI=1S/C14H17NO4/c16-11-6-15(7-12(11)17)14(18)10-5-9-3-1-2-4-13(9)19-8-10/h1-4,10-12,16-17H,5-8H2/t10?,11-,12+. The molecule has 1 fully saturated rings. The Morgan fingerprint density at radius 2 is 1.89 bits per heavy atom. The molecule has 19 heavy (non-hydrogen) atoms. The molecule has 2 aliphatic rings. The second kappa shape index (κ2) is 4.83. The monoisotopic (exact) mass is 263 g/mol. The Hall–Kier alpha value is -1.59. The number of β-amino-alcohol motifs (C(OH)–C–C–N with tert-alkyl or cyclic N) is 2. The smallest absolute Gasteiger partial charge is 0.229 e. The van der Waals surface area contributed by atoms with E-state index >= 15 is 0 Å². The van der Waals surface area contributed by atoms with Crippen LogP contribution in [0.2, 0.25) is 0 Å². The molecule has 102 valence electrons. The summed E-state index contributed by atoms with van der Waals surface area (Å²) in [6.07, 6.45) is -1.01. The van der Waals surface area contributed by atoms with Crippen LogP contribution >= 0.6 is 0 Å². The van der Waals surface area contributed by atoms with Crippen molar-refractivity contribution in [2.75, 3.05) is 19.7 Å². The van der Waals surface area contributed by atoms with Crippen molar-refractivity contribution in [1.82, 2.24) is 4.90 Å². The molecule has 2 heterocycles. The predicted molar refractivity (Wildman–Crippen MR) is 67.7 cm³/mol. The van der Waals surface area contributed by atoms with Crippen molar-refractivity contribution < 1.29 is 19.7 Å². The molecule has 1 saturated heterocycles. The number of rotatable bonds is 1. The summed E-state index contributed by atoms with van der Waals surface area (Å²) in [5.74, 6) is 0.561. The summed E-state index contributed by atoms with van der Waals surface area (Å²) in [5.41, 5.74) is 1.03. The van der Waals surface area contributed by atoms with Gasteiger partial charge in [-0.2, -0.15) is 0 Å². The van der Waals surface area contributed by atoms with Crippen LogP contribution in [0.3, 0.4) is 0 Å². The fourth-order valence-electron chi connectivity index (χ4n) is 2.69. The minimum atomic E-state index is -0.833. The van der Waals surface area contributed by atoms with Crippen LogP contribution in [0.4, 0.5) is 0 Å². The SMILES string of the molecule is O=C(C1COc2ccccc2C1)N1C[C@@H](O)[C@@H](O)C1. The zero-order valence-corrected chi connectivity index (χ0v) is 10.5. The Labute approximate surface area is 111 Å². The van der Waals surface area contributed by atoms with Gasteiger partial charge in [-0.05, 0) is 18.1 Å². The lowest BCUT2D eigenvalue weighted by atomic mass is 9.95. The third-order valence-electron chi connectivity index (χ3n) is 3.80. The number of aliphatic hydroxyl groups excluding tert-OH is 2. The molecule has 0 bridgehead atoms. The molecule has 3 rings (SSSR count). The number of carbonyl (C=O) groups excluding carboxylic acids is 1. The van der Waals surface area contributed by atoms with Crippen LogP contribution in [0.25, 0.3) is 0 Å². The molecule has 5 nitrogen and oxygen atoms in total. The Kier molecular flexibility index (Phi) is 3.16. The fraction of sp³-hybridized carbons (Fsp3) is 0.500. The first kappa shape index (κ1) is 12.4. The number of para-hydroxylation sites is 1. The molecule has 0 saturated carbocycles. The molecular weight excluding hydrogens is 246 g/mol. The van der Waals surface area contributed by atoms with E-state index in [0.29, 0.717) is 13.0 Å². The summed E-state index contributed by atoms with van der Waals surface area (Å²) in [4.78, 5) is 13.9. The first-order valence-corrected chi connectivity index (χ1v) is 6.51. The minimum Gasteiger partial charge on any atom is -0.492 e. The number of nitrogens with zero attached hydrogens (tertiary/aromatic N) is 1. The zero-order chi connectivity index (χ0) is 13.4. The summed E-state index contributed by atoms with van der Waals surface area (Å²) in [6.45, 7) is 0.773. The van der Waals surface area contributed by atoms with Crippen LogP contribution in [0.15, 0.2) is 24.3 Å². The number of aliphatic hydroxyl groups is 2. The Morgan fingerprint density at radius 1 is 1.21 bits per heavy atom. The Balaban J connectivity index is 1.70. The molecule has 3 atom stereocenters. The average molecular weight is 263 g/mol. The second-order valence-corrected chi connectivity index (χ2v) is 5.20. The molecule has 0 aromatic heterocycles. The molecule has 0 radical (unpaired) electrons. The quantitative estimate of drug-likeness (QED) is 0.736. The number of ether oxygens (including phenoxy) is 1. The number of carbonyl (C=O) groups is 1. The van der Waals surface area contributed by atoms with Gasteiger partial charge >= 0.3 is 0 Å². The van der Waals surface area contributed by atoms with Crippen molar-refractivity contribution in [3.63, 3.8) is 0 Å². The number of hydrogen-bond acceptors (Lipinski definition) is 4. The maximum Gasteiger partial charge on any atom is 0.229 e. The maximum atomic E-state index is 12.3. The van der Waals surface area contributed by atoms with Crippen LogP contribution in [-0.4, -0.2) is 52.9 Å². The van der Waals surface area contributed by atoms with Crippen molar-refractivity contribution in [2.24, 2.45) is 5.92 Å². The van der Waals surface area contributed by atoms with Crippen LogP contribution in [0, 0.1) is 5.92 Å². The lowest BCUT2D eigenvalue weighted by molar-refractivity contribution is -0.136. The van der Waals surface area contributed by atoms with E-state index in [9.17, 15) is 15.0 Å². The normalized spacial score (nSPS) is 29.8. The second-order valence-electron chi connectivity index (χ2n) is 5.20. The molecule has 1 amide bonds. The van der Waals surface area contributed by atoms with Gasteiger partial charge in [-0.1, -0.05) is 18.2 Å². The van der Waals surface area contributed by atoms with E-state index in [4.69, 9.17) is 4.74 Å². The highest BCUT2D eigenvalue weighted by molar-refractivity contribution is 5.80. The van der Waals surface area contributed by atoms with Crippen LogP contribution in [0.5, 0.6) is 5.75 Å². The number of hydrogen-bond donors (Lipinski definition) is 2. The summed E-state index contributed by atoms with van der Waals surface area (Å²) in [6, 6.07) is 7.70. The Morgan fingerprint density at radius 3 is 2.63 bits per heavy atom. The van der Waals surface area contributed by atoms with E-state index in [-0.39, 0.29) is 24.9 Å². The van der Waals surface area contributed by atoms with Crippen LogP contribution < -0.4 is 4.74 Å². The van der Waals surface area contributed by atoms with E-state index in [0.717, 1.165) is 11.3 Å². The number of fused-ring (bicyclic) bond motifs is 1. The first-order valence-electron chi connectivity index (χ1n) is 6.51. The number of benzene rings is 1. The molecule has 2 aliphatic heterocycles. The van der Waals surface area contributed by atoms with E-state index in [2.05, 4.69) is 0 Å². The van der Waals surface area contributed by atoms with Crippen molar-refractivity contribution >= 4 is 5.91 Å². The maximum absolute atomic E-state index is 12.3. The van der Waals surface area contributed by atoms with Gasteiger partial charge in [0.15, 0.2) is 0 Å². The number of likely N-dealkylation sites (tertiary alicyclic amines) is 1. The topological polar surface area (TPSA) is 70.0 Å². The number of amides is 1. The molecule has 1 unspecified atom stereocenters. The van der Waals surface area contributed by atoms with E-state index in [1.54, 1.807) is 0 Å². The van der Waals surface area contributed by atoms with Gasteiger partial charge < -0.3 is 19.8 Å². The van der Waals surface area contributed by atoms with Gasteiger partial charge in [0.05, 0.1) is 18.1 Å². The summed E-state index contributed by atoms with van der Waals surface area (Å²) >= 11 is 0. The van der Waals surface area contributed by atoms with Gasteiger partial charge in [0.1, 0.15) is 12.4 Å². The molecule has 5 heteroatoms. The minimum absolute atomic E-state index is 0.0508. The van der Waals surface area contributed by atoms with Crippen molar-refractivity contribution in [3.05, 3.63) is 29.8 Å². The predicted octanol–water partition coefficient (Wildman–Crippen LogP) is -0.198. The van der Waals surface area contributed by atoms with Gasteiger partial charge in [0.25, 0.3) is 0 Å². The largest absolute Gasteiger partial charge is 0.492 e. The molecular formula is C14H17NO4.